The average Bonchev–Trinajstić information content (AvgIpc) is 2.95. The van der Waals surface area contributed by atoms with Gasteiger partial charge in [0, 0.05) is 5.39 Å². The molecule has 0 saturated heterocycles. The monoisotopic (exact) mass is 260 g/mol. The summed E-state index contributed by atoms with van der Waals surface area (Å²) in [6, 6.07) is 9.01. The van der Waals surface area contributed by atoms with Gasteiger partial charge in [0.2, 0.25) is 11.0 Å². The number of fused-ring (bicyclic) bond motifs is 1. The van der Waals surface area contributed by atoms with E-state index in [0.29, 0.717) is 5.56 Å². The first-order valence-electron chi connectivity index (χ1n) is 5.43. The highest BCUT2D eigenvalue weighted by molar-refractivity contribution is 6.33. The van der Waals surface area contributed by atoms with Gasteiger partial charge in [0.1, 0.15) is 5.58 Å². The molecule has 0 fully saturated rings. The molecule has 0 aliphatic carbocycles. The van der Waals surface area contributed by atoms with Crippen LogP contribution in [0.4, 0.5) is 0 Å². The van der Waals surface area contributed by atoms with E-state index in [4.69, 9.17) is 20.4 Å². The second kappa shape index (κ2) is 4.03. The first-order chi connectivity index (χ1) is 8.66. The van der Waals surface area contributed by atoms with E-state index in [2.05, 4.69) is 0 Å². The van der Waals surface area contributed by atoms with Crippen LogP contribution in [-0.4, -0.2) is 5.78 Å². The van der Waals surface area contributed by atoms with Gasteiger partial charge in [-0.2, -0.15) is 0 Å². The van der Waals surface area contributed by atoms with Crippen molar-refractivity contribution in [2.45, 2.75) is 6.92 Å². The summed E-state index contributed by atoms with van der Waals surface area (Å²) in [5.41, 5.74) is 2.03. The highest BCUT2D eigenvalue weighted by Gasteiger charge is 2.19. The number of hydrogen-bond donors (Lipinski definition) is 0. The molecule has 0 N–H and O–H groups in total. The smallest absolute Gasteiger partial charge is 0.233 e. The predicted molar refractivity (Wildman–Crippen MR) is 68.1 cm³/mol. The minimum atomic E-state index is -0.274. The summed E-state index contributed by atoms with van der Waals surface area (Å²) < 4.78 is 10.5. The van der Waals surface area contributed by atoms with Crippen LogP contribution in [0.25, 0.3) is 11.0 Å². The third-order valence-corrected chi connectivity index (χ3v) is 3.12. The molecule has 90 valence electrons. The summed E-state index contributed by atoms with van der Waals surface area (Å²) in [6.07, 6.45) is 1.38. The Hall–Kier alpha value is -2.00. The van der Waals surface area contributed by atoms with Crippen LogP contribution < -0.4 is 0 Å². The van der Waals surface area contributed by atoms with Gasteiger partial charge in [-0.1, -0.05) is 18.2 Å². The lowest BCUT2D eigenvalue weighted by Gasteiger charge is -1.93. The van der Waals surface area contributed by atoms with Gasteiger partial charge < -0.3 is 8.83 Å². The maximum atomic E-state index is 12.2. The first kappa shape index (κ1) is 11.1. The van der Waals surface area contributed by atoms with Crippen molar-refractivity contribution in [3.05, 3.63) is 58.7 Å². The molecule has 0 unspecified atom stereocenters. The number of aryl methyl sites for hydroxylation is 1. The van der Waals surface area contributed by atoms with Crippen molar-refractivity contribution in [2.75, 3.05) is 0 Å². The van der Waals surface area contributed by atoms with E-state index in [1.54, 1.807) is 6.07 Å². The van der Waals surface area contributed by atoms with E-state index >= 15 is 0 Å². The Bertz CT molecular complexity index is 736. The molecule has 0 amide bonds. The van der Waals surface area contributed by atoms with E-state index in [1.165, 1.54) is 12.3 Å². The van der Waals surface area contributed by atoms with Crippen molar-refractivity contribution in [1.29, 1.82) is 0 Å². The molecule has 3 rings (SSSR count). The zero-order valence-corrected chi connectivity index (χ0v) is 10.3. The van der Waals surface area contributed by atoms with Crippen molar-refractivity contribution >= 4 is 28.4 Å². The molecule has 3 nitrogen and oxygen atoms in total. The number of carbonyl (C=O) groups is 1. The van der Waals surface area contributed by atoms with Gasteiger partial charge >= 0.3 is 0 Å². The van der Waals surface area contributed by atoms with E-state index in [0.717, 1.165) is 16.5 Å². The fourth-order valence-corrected chi connectivity index (χ4v) is 2.11. The number of para-hydroxylation sites is 1. The number of benzene rings is 1. The molecular weight excluding hydrogens is 252 g/mol. The molecular formula is C14H9ClO3. The van der Waals surface area contributed by atoms with E-state index in [-0.39, 0.29) is 16.8 Å². The molecule has 1 aromatic carbocycles. The number of hydrogen-bond acceptors (Lipinski definition) is 3. The predicted octanol–water partition coefficient (Wildman–Crippen LogP) is 4.22. The number of furan rings is 2. The molecule has 0 aliphatic rings. The second-order valence-corrected chi connectivity index (χ2v) is 4.38. The third-order valence-electron chi connectivity index (χ3n) is 2.83. The summed E-state index contributed by atoms with van der Waals surface area (Å²) in [7, 11) is 0. The maximum absolute atomic E-state index is 12.2. The molecule has 0 aliphatic heterocycles. The van der Waals surface area contributed by atoms with Gasteiger partial charge in [-0.3, -0.25) is 4.79 Å². The number of carbonyl (C=O) groups excluding carboxylic acids is 1. The Morgan fingerprint density at radius 1 is 1.28 bits per heavy atom. The number of ketones is 1. The molecule has 0 bridgehead atoms. The van der Waals surface area contributed by atoms with Crippen LogP contribution in [-0.2, 0) is 0 Å². The average molecular weight is 261 g/mol. The Morgan fingerprint density at radius 2 is 2.11 bits per heavy atom. The lowest BCUT2D eigenvalue weighted by Crippen LogP contribution is -1.97. The molecule has 4 heteroatoms. The fraction of sp³-hybridized carbons (Fsp3) is 0.0714. The standard InChI is InChI=1S/C14H9ClO3/c1-8-3-2-4-9-7-11(18-13(8)9)12(16)10-5-6-17-14(10)15/h2-7H,1H3. The van der Waals surface area contributed by atoms with Gasteiger partial charge in [0.05, 0.1) is 11.8 Å². The molecule has 18 heavy (non-hydrogen) atoms. The summed E-state index contributed by atoms with van der Waals surface area (Å²) >= 11 is 5.79. The molecule has 0 atom stereocenters. The Kier molecular flexibility index (Phi) is 2.49. The van der Waals surface area contributed by atoms with Crippen molar-refractivity contribution in [3.63, 3.8) is 0 Å². The third kappa shape index (κ3) is 1.64. The van der Waals surface area contributed by atoms with Gasteiger partial charge in [-0.25, -0.2) is 0 Å². The van der Waals surface area contributed by atoms with Crippen LogP contribution in [0.2, 0.25) is 5.22 Å². The van der Waals surface area contributed by atoms with Crippen LogP contribution in [0, 0.1) is 6.92 Å². The van der Waals surface area contributed by atoms with Crippen molar-refractivity contribution in [1.82, 2.24) is 0 Å². The molecule has 0 spiro atoms. The van der Waals surface area contributed by atoms with Gasteiger partial charge in [-0.05, 0) is 36.2 Å². The molecule has 0 saturated carbocycles. The summed E-state index contributed by atoms with van der Waals surface area (Å²) in [4.78, 5) is 12.2. The van der Waals surface area contributed by atoms with Crippen molar-refractivity contribution < 1.29 is 13.6 Å². The van der Waals surface area contributed by atoms with Gasteiger partial charge in [-0.15, -0.1) is 0 Å². The topological polar surface area (TPSA) is 43.4 Å². The first-order valence-corrected chi connectivity index (χ1v) is 5.81. The Labute approximate surface area is 108 Å². The molecule has 0 radical (unpaired) electrons. The van der Waals surface area contributed by atoms with Crippen molar-refractivity contribution in [3.8, 4) is 0 Å². The number of halogens is 1. The van der Waals surface area contributed by atoms with Gasteiger partial charge in [0.25, 0.3) is 0 Å². The molecule has 2 heterocycles. The Morgan fingerprint density at radius 3 is 2.78 bits per heavy atom. The fourth-order valence-electron chi connectivity index (χ4n) is 1.91. The van der Waals surface area contributed by atoms with Crippen LogP contribution in [0.15, 0.2) is 45.4 Å². The quantitative estimate of drug-likeness (QED) is 0.648. The highest BCUT2D eigenvalue weighted by atomic mass is 35.5. The minimum absolute atomic E-state index is 0.0807. The van der Waals surface area contributed by atoms with E-state index in [9.17, 15) is 4.79 Å². The van der Waals surface area contributed by atoms with E-state index < -0.39 is 0 Å². The van der Waals surface area contributed by atoms with Gasteiger partial charge in [0.15, 0.2) is 5.76 Å². The molecule has 3 aromatic rings. The summed E-state index contributed by atoms with van der Waals surface area (Å²) in [5.74, 6) is -0.00745. The second-order valence-electron chi connectivity index (χ2n) is 4.04. The summed E-state index contributed by atoms with van der Waals surface area (Å²) in [5, 5.41) is 0.982. The largest absolute Gasteiger partial charge is 0.452 e. The van der Waals surface area contributed by atoms with Crippen LogP contribution >= 0.6 is 11.6 Å². The van der Waals surface area contributed by atoms with Crippen LogP contribution in [0.5, 0.6) is 0 Å². The van der Waals surface area contributed by atoms with E-state index in [1.807, 2.05) is 25.1 Å². The van der Waals surface area contributed by atoms with Crippen LogP contribution in [0.1, 0.15) is 21.7 Å². The molecule has 2 aromatic heterocycles. The zero-order chi connectivity index (χ0) is 12.7. The minimum Gasteiger partial charge on any atom is -0.452 e. The van der Waals surface area contributed by atoms with Crippen molar-refractivity contribution in [2.24, 2.45) is 0 Å². The van der Waals surface area contributed by atoms with Crippen LogP contribution in [0.3, 0.4) is 0 Å². The lowest BCUT2D eigenvalue weighted by molar-refractivity contribution is 0.101. The highest BCUT2D eigenvalue weighted by Crippen LogP contribution is 2.26. The SMILES string of the molecule is Cc1cccc2cc(C(=O)c3ccoc3Cl)oc12. The normalized spacial score (nSPS) is 11.0. The zero-order valence-electron chi connectivity index (χ0n) is 9.57. The maximum Gasteiger partial charge on any atom is 0.233 e. The summed E-state index contributed by atoms with van der Waals surface area (Å²) in [6.45, 7) is 1.94. The number of rotatable bonds is 2. The lowest BCUT2D eigenvalue weighted by atomic mass is 10.1. The Balaban J connectivity index is 2.13.